The van der Waals surface area contributed by atoms with E-state index in [2.05, 4.69) is 48.0 Å². The number of hydrazine groups is 2. The van der Waals surface area contributed by atoms with Crippen LogP contribution in [0.1, 0.15) is 55.1 Å². The van der Waals surface area contributed by atoms with Crippen molar-refractivity contribution in [1.82, 2.24) is 20.4 Å². The van der Waals surface area contributed by atoms with Crippen LogP contribution >= 0.6 is 0 Å². The summed E-state index contributed by atoms with van der Waals surface area (Å²) in [5.74, 6) is 1.40. The fourth-order valence-electron chi connectivity index (χ4n) is 4.18. The lowest BCUT2D eigenvalue weighted by Crippen LogP contribution is -2.42. The Morgan fingerprint density at radius 3 is 2.87 bits per heavy atom. The number of aromatic amines is 1. The number of hydrogen-bond acceptors (Lipinski definition) is 6. The van der Waals surface area contributed by atoms with Gasteiger partial charge in [0, 0.05) is 24.9 Å². The molecule has 2 aliphatic heterocycles. The molecule has 2 aliphatic rings. The van der Waals surface area contributed by atoms with E-state index in [0.29, 0.717) is 30.4 Å². The molecule has 0 spiro atoms. The molecular formula is C22H30N6O2. The molecule has 160 valence electrons. The minimum Gasteiger partial charge on any atom is -0.342 e. The number of aryl methyl sites for hydroxylation is 2. The van der Waals surface area contributed by atoms with E-state index in [-0.39, 0.29) is 23.3 Å². The van der Waals surface area contributed by atoms with Gasteiger partial charge in [0.05, 0.1) is 6.54 Å². The van der Waals surface area contributed by atoms with E-state index in [1.165, 1.54) is 16.7 Å². The fraction of sp³-hybridized carbons (Fsp3) is 0.500. The van der Waals surface area contributed by atoms with Crippen molar-refractivity contribution in [3.63, 3.8) is 0 Å². The Hall–Kier alpha value is -2.87. The van der Waals surface area contributed by atoms with Gasteiger partial charge in [0.1, 0.15) is 5.82 Å². The molecule has 0 saturated carbocycles. The van der Waals surface area contributed by atoms with Gasteiger partial charge in [0.15, 0.2) is 11.5 Å². The summed E-state index contributed by atoms with van der Waals surface area (Å²) in [6, 6.07) is 6.35. The third-order valence-corrected chi connectivity index (χ3v) is 5.94. The van der Waals surface area contributed by atoms with Crippen LogP contribution in [-0.4, -0.2) is 33.9 Å². The topological polar surface area (TPSA) is 93.4 Å². The summed E-state index contributed by atoms with van der Waals surface area (Å²) in [7, 11) is 0. The predicted molar refractivity (Wildman–Crippen MR) is 117 cm³/mol. The Morgan fingerprint density at radius 2 is 2.10 bits per heavy atom. The van der Waals surface area contributed by atoms with Crippen LogP contribution in [-0.2, 0) is 11.3 Å². The number of aromatic nitrogens is 2. The highest BCUT2D eigenvalue weighted by atomic mass is 16.2. The third-order valence-electron chi connectivity index (χ3n) is 5.94. The Kier molecular flexibility index (Phi) is 5.51. The van der Waals surface area contributed by atoms with E-state index in [4.69, 9.17) is 4.98 Å². The number of carbonyl (C=O) groups excluding carboxylic acids is 1. The maximum atomic E-state index is 12.7. The number of likely N-dealkylation sites (tertiary alicyclic amines) is 1. The minimum absolute atomic E-state index is 0.0302. The van der Waals surface area contributed by atoms with Crippen molar-refractivity contribution < 1.29 is 4.79 Å². The van der Waals surface area contributed by atoms with Gasteiger partial charge in [-0.05, 0) is 37.8 Å². The predicted octanol–water partition coefficient (Wildman–Crippen LogP) is 2.60. The van der Waals surface area contributed by atoms with Crippen LogP contribution < -0.4 is 21.5 Å². The normalized spacial score (nSPS) is 18.5. The molecule has 2 aromatic rings. The number of piperidine rings is 1. The molecule has 1 atom stereocenters. The second-order valence-electron chi connectivity index (χ2n) is 8.68. The minimum atomic E-state index is -0.196. The molecule has 1 saturated heterocycles. The second-order valence-corrected chi connectivity index (χ2v) is 8.68. The Balaban J connectivity index is 1.60. The van der Waals surface area contributed by atoms with Crippen LogP contribution in [0.25, 0.3) is 0 Å². The molecule has 1 amide bonds. The summed E-state index contributed by atoms with van der Waals surface area (Å²) in [5.41, 5.74) is 9.80. The van der Waals surface area contributed by atoms with Gasteiger partial charge in [0.2, 0.25) is 5.91 Å². The van der Waals surface area contributed by atoms with Crippen LogP contribution in [0.5, 0.6) is 0 Å². The molecule has 1 unspecified atom stereocenters. The number of nitrogens with one attached hydrogen (secondary N) is 3. The number of H-pyrrole nitrogens is 1. The molecule has 3 N–H and O–H groups in total. The Morgan fingerprint density at radius 1 is 1.30 bits per heavy atom. The van der Waals surface area contributed by atoms with E-state index in [9.17, 15) is 9.59 Å². The molecule has 1 aromatic carbocycles. The lowest BCUT2D eigenvalue weighted by molar-refractivity contribution is -0.135. The van der Waals surface area contributed by atoms with Gasteiger partial charge in [-0.3, -0.25) is 20.0 Å². The van der Waals surface area contributed by atoms with Crippen LogP contribution in [0.2, 0.25) is 0 Å². The van der Waals surface area contributed by atoms with Crippen molar-refractivity contribution in [2.45, 2.75) is 53.0 Å². The number of amides is 1. The molecule has 4 rings (SSSR count). The second kappa shape index (κ2) is 8.10. The smallest absolute Gasteiger partial charge is 0.277 e. The van der Waals surface area contributed by atoms with E-state index in [0.717, 1.165) is 19.4 Å². The van der Waals surface area contributed by atoms with Gasteiger partial charge in [-0.1, -0.05) is 37.6 Å². The average molecular weight is 411 g/mol. The van der Waals surface area contributed by atoms with Crippen molar-refractivity contribution in [3.05, 3.63) is 51.1 Å². The van der Waals surface area contributed by atoms with Gasteiger partial charge >= 0.3 is 0 Å². The molecule has 3 heterocycles. The SMILES string of the molecule is Cc1ccc(C)c(CN2NNc3c2nc(C2CCCN(C(=O)C(C)C)C2)[nH]c3=O)c1. The number of nitrogens with zero attached hydrogens (tertiary/aromatic N) is 3. The molecule has 8 nitrogen and oxygen atoms in total. The van der Waals surface area contributed by atoms with E-state index in [1.54, 1.807) is 0 Å². The zero-order valence-corrected chi connectivity index (χ0v) is 18.1. The van der Waals surface area contributed by atoms with Crippen LogP contribution in [0.3, 0.4) is 0 Å². The molecule has 0 bridgehead atoms. The van der Waals surface area contributed by atoms with E-state index < -0.39 is 0 Å². The first-order chi connectivity index (χ1) is 14.3. The van der Waals surface area contributed by atoms with E-state index in [1.807, 2.05) is 23.8 Å². The number of rotatable bonds is 4. The third kappa shape index (κ3) is 3.92. The largest absolute Gasteiger partial charge is 0.342 e. The Bertz CT molecular complexity index is 1020. The van der Waals surface area contributed by atoms with Crippen LogP contribution in [0.4, 0.5) is 11.5 Å². The van der Waals surface area contributed by atoms with Crippen molar-refractivity contribution in [2.75, 3.05) is 23.5 Å². The molecule has 30 heavy (non-hydrogen) atoms. The maximum absolute atomic E-state index is 12.7. The zero-order chi connectivity index (χ0) is 21.4. The number of benzene rings is 1. The maximum Gasteiger partial charge on any atom is 0.277 e. The summed E-state index contributed by atoms with van der Waals surface area (Å²) in [4.78, 5) is 34.8. The summed E-state index contributed by atoms with van der Waals surface area (Å²) < 4.78 is 0. The van der Waals surface area contributed by atoms with Gasteiger partial charge < -0.3 is 9.88 Å². The van der Waals surface area contributed by atoms with Gasteiger partial charge in [-0.15, -0.1) is 5.53 Å². The first-order valence-corrected chi connectivity index (χ1v) is 10.6. The fourth-order valence-corrected chi connectivity index (χ4v) is 4.18. The molecule has 8 heteroatoms. The van der Waals surface area contributed by atoms with Gasteiger partial charge in [-0.25, -0.2) is 4.98 Å². The van der Waals surface area contributed by atoms with Crippen molar-refractivity contribution in [3.8, 4) is 0 Å². The molecule has 0 aliphatic carbocycles. The standard InChI is InChI=1S/C22H30N6O2/c1-13(2)22(30)27-9-5-6-16(11-27)19-23-20-18(21(29)24-19)25-26-28(20)12-17-10-14(3)7-8-15(17)4/h7-8,10,13,16,25-26H,5-6,9,11-12H2,1-4H3,(H,23,24,29). The lowest BCUT2D eigenvalue weighted by Gasteiger charge is -2.33. The zero-order valence-electron chi connectivity index (χ0n) is 18.1. The molecule has 0 radical (unpaired) electrons. The first-order valence-electron chi connectivity index (χ1n) is 10.6. The Labute approximate surface area is 176 Å². The number of carbonyl (C=O) groups is 1. The lowest BCUT2D eigenvalue weighted by atomic mass is 9.96. The van der Waals surface area contributed by atoms with E-state index >= 15 is 0 Å². The highest BCUT2D eigenvalue weighted by Gasteiger charge is 2.30. The van der Waals surface area contributed by atoms with Crippen molar-refractivity contribution >= 4 is 17.4 Å². The molecular weight excluding hydrogens is 380 g/mol. The average Bonchev–Trinajstić information content (AvgIpc) is 3.13. The number of fused-ring (bicyclic) bond motifs is 1. The summed E-state index contributed by atoms with van der Waals surface area (Å²) in [6.07, 6.45) is 1.81. The highest BCUT2D eigenvalue weighted by Crippen LogP contribution is 2.30. The first kappa shape index (κ1) is 20.4. The van der Waals surface area contributed by atoms with Gasteiger partial charge in [0.25, 0.3) is 5.56 Å². The molecule has 1 fully saturated rings. The van der Waals surface area contributed by atoms with Crippen LogP contribution in [0.15, 0.2) is 23.0 Å². The highest BCUT2D eigenvalue weighted by molar-refractivity contribution is 5.78. The van der Waals surface area contributed by atoms with Crippen molar-refractivity contribution in [2.24, 2.45) is 5.92 Å². The molecule has 1 aromatic heterocycles. The number of hydrogen-bond donors (Lipinski definition) is 3. The summed E-state index contributed by atoms with van der Waals surface area (Å²) >= 11 is 0. The summed E-state index contributed by atoms with van der Waals surface area (Å²) in [6.45, 7) is 9.94. The quantitative estimate of drug-likeness (QED) is 0.717. The van der Waals surface area contributed by atoms with Crippen molar-refractivity contribution in [1.29, 1.82) is 0 Å². The summed E-state index contributed by atoms with van der Waals surface area (Å²) in [5, 5.41) is 1.87. The van der Waals surface area contributed by atoms with Gasteiger partial charge in [-0.2, -0.15) is 0 Å². The number of anilines is 2. The van der Waals surface area contributed by atoms with Crippen LogP contribution in [0, 0.1) is 19.8 Å². The monoisotopic (exact) mass is 410 g/mol.